The fourth-order valence-corrected chi connectivity index (χ4v) is 6.12. The van der Waals surface area contributed by atoms with Gasteiger partial charge in [-0.2, -0.15) is 0 Å². The molecule has 39 heavy (non-hydrogen) atoms. The van der Waals surface area contributed by atoms with Gasteiger partial charge in [-0.1, -0.05) is 66.8 Å². The Kier molecular flexibility index (Phi) is 6.73. The largest absolute Gasteiger partial charge is 0.480 e. The lowest BCUT2D eigenvalue weighted by Gasteiger charge is -2.32. The second-order valence-corrected chi connectivity index (χ2v) is 12.1. The van der Waals surface area contributed by atoms with Gasteiger partial charge in [0.2, 0.25) is 0 Å². The van der Waals surface area contributed by atoms with Gasteiger partial charge in [0, 0.05) is 5.56 Å². The molecule has 0 bridgehead atoms. The highest BCUT2D eigenvalue weighted by Gasteiger charge is 2.50. The van der Waals surface area contributed by atoms with Crippen LogP contribution in [0.4, 0.5) is 0 Å². The van der Waals surface area contributed by atoms with Gasteiger partial charge >= 0.3 is 7.12 Å². The number of aliphatic imine (C=N–C) groups is 1. The lowest BCUT2D eigenvalue weighted by molar-refractivity contribution is 0.00578. The van der Waals surface area contributed by atoms with Crippen LogP contribution in [0.25, 0.3) is 27.1 Å². The molecule has 1 heterocycles. The van der Waals surface area contributed by atoms with Crippen molar-refractivity contribution in [1.82, 2.24) is 0 Å². The average molecular weight is 516 g/mol. The summed E-state index contributed by atoms with van der Waals surface area (Å²) in [5, 5.41) is 5.15. The van der Waals surface area contributed by atoms with E-state index in [1.807, 2.05) is 6.92 Å². The summed E-state index contributed by atoms with van der Waals surface area (Å²) in [7, 11) is -0.354. The van der Waals surface area contributed by atoms with Crippen molar-refractivity contribution in [2.24, 2.45) is 10.9 Å². The molecule has 1 fully saturated rings. The summed E-state index contributed by atoms with van der Waals surface area (Å²) in [6.45, 7) is 10.4. The van der Waals surface area contributed by atoms with Gasteiger partial charge in [0.25, 0.3) is 0 Å². The molecule has 0 aromatic heterocycles. The van der Waals surface area contributed by atoms with Gasteiger partial charge in [-0.15, -0.1) is 0 Å². The molecule has 3 aromatic carbocycles. The third-order valence-electron chi connectivity index (χ3n) is 8.92. The summed E-state index contributed by atoms with van der Waals surface area (Å²) < 4.78 is 12.4. The monoisotopic (exact) mass is 515 g/mol. The molecule has 1 saturated heterocycles. The zero-order valence-electron chi connectivity index (χ0n) is 23.8. The Morgan fingerprint density at radius 2 is 1.74 bits per heavy atom. The predicted octanol–water partition coefficient (Wildman–Crippen LogP) is 8.67. The van der Waals surface area contributed by atoms with E-state index in [2.05, 4.69) is 113 Å². The summed E-state index contributed by atoms with van der Waals surface area (Å²) in [6, 6.07) is 17.9. The van der Waals surface area contributed by atoms with Gasteiger partial charge in [0.15, 0.2) is 0 Å². The van der Waals surface area contributed by atoms with Gasteiger partial charge in [-0.25, -0.2) is 0 Å². The molecule has 0 spiro atoms. The van der Waals surface area contributed by atoms with Crippen LogP contribution in [0, 0.1) is 5.92 Å². The highest BCUT2D eigenvalue weighted by Crippen LogP contribution is 2.42. The zero-order valence-corrected chi connectivity index (χ0v) is 23.8. The molecular formula is C35H38BNO2. The van der Waals surface area contributed by atoms with E-state index in [-0.39, 0.29) is 18.3 Å². The molecule has 0 saturated carbocycles. The SMILES string of the molecule is C/C=C\C(=NCB1OC(C)(C)C(C)(C)O1)c1ccc2cc3ccccc3c(C3=CC=C4C=CCC[C@H]4C3)c2c1. The van der Waals surface area contributed by atoms with Crippen molar-refractivity contribution >= 4 is 39.9 Å². The van der Waals surface area contributed by atoms with Crippen molar-refractivity contribution in [3.05, 3.63) is 102 Å². The van der Waals surface area contributed by atoms with Crippen molar-refractivity contribution in [2.45, 2.75) is 65.1 Å². The molecule has 2 aliphatic carbocycles. The van der Waals surface area contributed by atoms with Gasteiger partial charge in [0.1, 0.15) is 0 Å². The maximum atomic E-state index is 6.22. The van der Waals surface area contributed by atoms with Crippen molar-refractivity contribution in [3.8, 4) is 0 Å². The number of benzene rings is 3. The smallest absolute Gasteiger partial charge is 0.402 e. The minimum atomic E-state index is -0.358. The topological polar surface area (TPSA) is 30.8 Å². The first-order valence-corrected chi connectivity index (χ1v) is 14.3. The van der Waals surface area contributed by atoms with E-state index in [0.29, 0.717) is 12.4 Å². The predicted molar refractivity (Wildman–Crippen MR) is 166 cm³/mol. The van der Waals surface area contributed by atoms with Crippen LogP contribution < -0.4 is 0 Å². The quantitative estimate of drug-likeness (QED) is 0.193. The van der Waals surface area contributed by atoms with Crippen LogP contribution in [0.5, 0.6) is 0 Å². The Bertz CT molecular complexity index is 1570. The Morgan fingerprint density at radius 1 is 0.974 bits per heavy atom. The summed E-state index contributed by atoms with van der Waals surface area (Å²) in [6.07, 6.45) is 17.4. The normalized spacial score (nSPS) is 22.4. The Labute approximate surface area is 233 Å². The number of fused-ring (bicyclic) bond motifs is 3. The standard InChI is InChI=1S/C35H38BNO2/c1-6-11-32(37-23-36-38-34(2,3)35(4,5)39-36)28-18-17-27-21-26-14-9-10-15-30(26)33(31(27)22-28)29-19-16-24-12-7-8-13-25(24)20-29/h6-7,9-12,14-19,21-22,25H,8,13,20,23H2,1-5H3/b11-6-,37-32?/t25-/m0/s1. The summed E-state index contributed by atoms with van der Waals surface area (Å²) >= 11 is 0. The summed E-state index contributed by atoms with van der Waals surface area (Å²) in [5.41, 5.74) is 5.61. The molecule has 3 nitrogen and oxygen atoms in total. The van der Waals surface area contributed by atoms with E-state index in [1.165, 1.54) is 51.1 Å². The van der Waals surface area contributed by atoms with Crippen molar-refractivity contribution in [2.75, 3.05) is 6.44 Å². The molecule has 1 aliphatic heterocycles. The Balaban J connectivity index is 1.44. The van der Waals surface area contributed by atoms with Crippen LogP contribution in [0.1, 0.15) is 65.0 Å². The van der Waals surface area contributed by atoms with E-state index in [1.54, 1.807) is 0 Å². The average Bonchev–Trinajstić information content (AvgIpc) is 3.14. The first kappa shape index (κ1) is 26.0. The second-order valence-electron chi connectivity index (χ2n) is 12.1. The molecule has 0 radical (unpaired) electrons. The lowest BCUT2D eigenvalue weighted by atomic mass is 9.77. The lowest BCUT2D eigenvalue weighted by Crippen LogP contribution is -2.41. The molecule has 0 N–H and O–H groups in total. The second kappa shape index (κ2) is 10.1. The molecule has 4 heteroatoms. The number of nitrogens with zero attached hydrogens (tertiary/aromatic N) is 1. The van der Waals surface area contributed by atoms with Crippen LogP contribution in [0.15, 0.2) is 95.6 Å². The first-order chi connectivity index (χ1) is 18.8. The molecule has 0 amide bonds. The van der Waals surface area contributed by atoms with Gasteiger partial charge in [-0.3, -0.25) is 4.99 Å². The maximum absolute atomic E-state index is 6.22. The van der Waals surface area contributed by atoms with Crippen molar-refractivity contribution in [3.63, 3.8) is 0 Å². The van der Waals surface area contributed by atoms with Gasteiger partial charge in [-0.05, 0) is 116 Å². The van der Waals surface area contributed by atoms with Crippen LogP contribution >= 0.6 is 0 Å². The van der Waals surface area contributed by atoms with Crippen LogP contribution in [0.3, 0.4) is 0 Å². The Hall–Kier alpha value is -3.21. The minimum absolute atomic E-state index is 0.354. The number of rotatable bonds is 5. The molecule has 198 valence electrons. The first-order valence-electron chi connectivity index (χ1n) is 14.3. The van der Waals surface area contributed by atoms with Gasteiger partial charge < -0.3 is 9.31 Å². The summed E-state index contributed by atoms with van der Waals surface area (Å²) in [5.74, 6) is 0.604. The number of hydrogen-bond donors (Lipinski definition) is 0. The number of hydrogen-bond acceptors (Lipinski definition) is 3. The maximum Gasteiger partial charge on any atom is 0.480 e. The third-order valence-corrected chi connectivity index (χ3v) is 8.92. The highest BCUT2D eigenvalue weighted by atomic mass is 16.7. The Morgan fingerprint density at radius 3 is 2.54 bits per heavy atom. The molecule has 6 rings (SSSR count). The van der Waals surface area contributed by atoms with Gasteiger partial charge in [0.05, 0.1) is 23.4 Å². The van der Waals surface area contributed by atoms with Crippen molar-refractivity contribution < 1.29 is 9.31 Å². The fourth-order valence-electron chi connectivity index (χ4n) is 6.12. The molecule has 3 aliphatic rings. The van der Waals surface area contributed by atoms with E-state index in [4.69, 9.17) is 14.3 Å². The fraction of sp³-hybridized carbons (Fsp3) is 0.343. The van der Waals surface area contributed by atoms with E-state index in [0.717, 1.165) is 17.7 Å². The van der Waals surface area contributed by atoms with Crippen LogP contribution in [-0.4, -0.2) is 30.5 Å². The zero-order chi connectivity index (χ0) is 27.2. The summed E-state index contributed by atoms with van der Waals surface area (Å²) in [4.78, 5) is 5.01. The molecule has 1 atom stereocenters. The van der Waals surface area contributed by atoms with E-state index in [9.17, 15) is 0 Å². The minimum Gasteiger partial charge on any atom is -0.402 e. The van der Waals surface area contributed by atoms with E-state index >= 15 is 0 Å². The van der Waals surface area contributed by atoms with Crippen LogP contribution in [-0.2, 0) is 9.31 Å². The highest BCUT2D eigenvalue weighted by molar-refractivity contribution is 6.46. The van der Waals surface area contributed by atoms with E-state index < -0.39 is 0 Å². The molecule has 0 unspecified atom stereocenters. The molecular weight excluding hydrogens is 477 g/mol. The third kappa shape index (κ3) is 4.86. The molecule has 3 aromatic rings. The van der Waals surface area contributed by atoms with Crippen LogP contribution in [0.2, 0.25) is 0 Å². The van der Waals surface area contributed by atoms with Crippen molar-refractivity contribution in [1.29, 1.82) is 0 Å². The number of allylic oxidation sites excluding steroid dienone is 8.